The summed E-state index contributed by atoms with van der Waals surface area (Å²) in [5.41, 5.74) is 5.30. The van der Waals surface area contributed by atoms with Crippen molar-refractivity contribution >= 4 is 29.4 Å². The molecule has 1 fully saturated rings. The predicted octanol–water partition coefficient (Wildman–Crippen LogP) is 1.13. The first-order valence-electron chi connectivity index (χ1n) is 7.61. The fraction of sp³-hybridized carbons (Fsp3) is 0.438. The van der Waals surface area contributed by atoms with Crippen LogP contribution in [0.25, 0.3) is 0 Å². The molecule has 2 amide bonds. The number of para-hydroxylation sites is 1. The first kappa shape index (κ1) is 18.1. The number of carbonyl (C=O) groups is 3. The number of piperidine rings is 1. The Bertz CT molecular complexity index is 622. The highest BCUT2D eigenvalue weighted by Crippen LogP contribution is 2.23. The maximum atomic E-state index is 12.1. The van der Waals surface area contributed by atoms with Gasteiger partial charge in [0.2, 0.25) is 5.91 Å². The van der Waals surface area contributed by atoms with Gasteiger partial charge in [0.25, 0.3) is 5.91 Å². The van der Waals surface area contributed by atoms with Gasteiger partial charge in [-0.2, -0.15) is 0 Å². The fourth-order valence-corrected chi connectivity index (χ4v) is 2.68. The van der Waals surface area contributed by atoms with Crippen LogP contribution in [-0.4, -0.2) is 48.5 Å². The molecule has 1 aliphatic heterocycles. The maximum Gasteiger partial charge on any atom is 0.344 e. The van der Waals surface area contributed by atoms with Crippen LogP contribution >= 0.6 is 11.6 Å². The van der Waals surface area contributed by atoms with Crippen molar-refractivity contribution in [2.75, 3.05) is 19.8 Å². The topological polar surface area (TPSA) is 98.9 Å². The molecule has 7 nitrogen and oxygen atoms in total. The molecule has 0 aliphatic carbocycles. The van der Waals surface area contributed by atoms with Crippen molar-refractivity contribution in [3.63, 3.8) is 0 Å². The Morgan fingerprint density at radius 1 is 1.21 bits per heavy atom. The monoisotopic (exact) mass is 354 g/mol. The summed E-state index contributed by atoms with van der Waals surface area (Å²) in [4.78, 5) is 36.6. The van der Waals surface area contributed by atoms with Crippen LogP contribution in [-0.2, 0) is 19.1 Å². The number of rotatable bonds is 6. The molecule has 1 aliphatic rings. The van der Waals surface area contributed by atoms with Gasteiger partial charge in [0.05, 0.1) is 5.02 Å². The quantitative estimate of drug-likeness (QED) is 0.772. The van der Waals surface area contributed by atoms with E-state index < -0.39 is 30.4 Å². The van der Waals surface area contributed by atoms with Crippen molar-refractivity contribution in [1.29, 1.82) is 0 Å². The lowest BCUT2D eigenvalue weighted by molar-refractivity contribution is -0.156. The number of benzene rings is 1. The summed E-state index contributed by atoms with van der Waals surface area (Å²) < 4.78 is 10.1. The molecule has 0 unspecified atom stereocenters. The minimum Gasteiger partial charge on any atom is -0.480 e. The maximum absolute atomic E-state index is 12.1. The van der Waals surface area contributed by atoms with E-state index in [0.29, 0.717) is 23.7 Å². The molecular weight excluding hydrogens is 336 g/mol. The van der Waals surface area contributed by atoms with E-state index in [9.17, 15) is 14.4 Å². The lowest BCUT2D eigenvalue weighted by atomic mass is 10.0. The van der Waals surface area contributed by atoms with E-state index in [2.05, 4.69) is 0 Å². The molecule has 1 saturated heterocycles. The van der Waals surface area contributed by atoms with Crippen molar-refractivity contribution in [3.05, 3.63) is 29.3 Å². The van der Waals surface area contributed by atoms with Gasteiger partial charge in [-0.15, -0.1) is 0 Å². The molecule has 130 valence electrons. The van der Waals surface area contributed by atoms with Crippen molar-refractivity contribution in [2.45, 2.75) is 25.3 Å². The molecule has 1 aromatic carbocycles. The van der Waals surface area contributed by atoms with E-state index in [-0.39, 0.29) is 6.61 Å². The Hall–Kier alpha value is -2.28. The second-order valence-electron chi connectivity index (χ2n) is 5.38. The average molecular weight is 355 g/mol. The second kappa shape index (κ2) is 8.54. The predicted molar refractivity (Wildman–Crippen MR) is 86.5 cm³/mol. The minimum absolute atomic E-state index is 0.354. The summed E-state index contributed by atoms with van der Waals surface area (Å²) in [5, 5.41) is 0.374. The number of primary amides is 1. The largest absolute Gasteiger partial charge is 0.480 e. The van der Waals surface area contributed by atoms with Crippen molar-refractivity contribution in [3.8, 4) is 5.75 Å². The van der Waals surface area contributed by atoms with Gasteiger partial charge in [-0.05, 0) is 31.4 Å². The third-order valence-electron chi connectivity index (χ3n) is 3.69. The average Bonchev–Trinajstić information content (AvgIpc) is 2.59. The number of hydrogen-bond acceptors (Lipinski definition) is 5. The van der Waals surface area contributed by atoms with Gasteiger partial charge >= 0.3 is 5.97 Å². The fourth-order valence-electron chi connectivity index (χ4n) is 2.49. The van der Waals surface area contributed by atoms with Crippen LogP contribution in [0.3, 0.4) is 0 Å². The molecule has 0 spiro atoms. The molecule has 8 heteroatoms. The SMILES string of the molecule is NC(=O)[C@H]1CCCCN1C(=O)COC(=O)COc1ccccc1Cl. The van der Waals surface area contributed by atoms with E-state index >= 15 is 0 Å². The van der Waals surface area contributed by atoms with Gasteiger partial charge in [-0.25, -0.2) is 4.79 Å². The summed E-state index contributed by atoms with van der Waals surface area (Å²) in [6.07, 6.45) is 2.16. The molecule has 2 rings (SSSR count). The smallest absolute Gasteiger partial charge is 0.344 e. The molecular formula is C16H19ClN2O5. The van der Waals surface area contributed by atoms with Gasteiger partial charge < -0.3 is 20.1 Å². The number of likely N-dealkylation sites (tertiary alicyclic amines) is 1. The Kier molecular flexibility index (Phi) is 6.43. The summed E-state index contributed by atoms with van der Waals surface area (Å²) in [7, 11) is 0. The van der Waals surface area contributed by atoms with E-state index in [1.54, 1.807) is 24.3 Å². The van der Waals surface area contributed by atoms with Gasteiger partial charge in [-0.1, -0.05) is 23.7 Å². The van der Waals surface area contributed by atoms with Crippen LogP contribution in [0, 0.1) is 0 Å². The van der Waals surface area contributed by atoms with Crippen LogP contribution in [0.5, 0.6) is 5.75 Å². The van der Waals surface area contributed by atoms with Gasteiger partial charge in [0.15, 0.2) is 13.2 Å². The molecule has 24 heavy (non-hydrogen) atoms. The molecule has 1 atom stereocenters. The van der Waals surface area contributed by atoms with Gasteiger partial charge in [0.1, 0.15) is 11.8 Å². The number of hydrogen-bond donors (Lipinski definition) is 1. The van der Waals surface area contributed by atoms with Crippen LogP contribution in [0.1, 0.15) is 19.3 Å². The number of nitrogens with zero attached hydrogens (tertiary/aromatic N) is 1. The Labute approximate surface area is 144 Å². The van der Waals surface area contributed by atoms with Crippen LogP contribution in [0.4, 0.5) is 0 Å². The highest BCUT2D eigenvalue weighted by Gasteiger charge is 2.30. The zero-order valence-electron chi connectivity index (χ0n) is 13.1. The summed E-state index contributed by atoms with van der Waals surface area (Å²) in [6.45, 7) is -0.384. The standard InChI is InChI=1S/C16H19ClN2O5/c17-11-5-1-2-7-13(11)23-10-15(21)24-9-14(20)19-8-4-3-6-12(19)16(18)22/h1-2,5,7,12H,3-4,6,8-10H2,(H2,18,22)/t12-/m1/s1. The van der Waals surface area contributed by atoms with Crippen LogP contribution in [0.2, 0.25) is 5.02 Å². The van der Waals surface area contributed by atoms with Gasteiger partial charge in [0, 0.05) is 6.54 Å². The van der Waals surface area contributed by atoms with Crippen LogP contribution < -0.4 is 10.5 Å². The zero-order valence-corrected chi connectivity index (χ0v) is 13.8. The number of nitrogens with two attached hydrogens (primary N) is 1. The Morgan fingerprint density at radius 2 is 1.96 bits per heavy atom. The Balaban J connectivity index is 1.79. The highest BCUT2D eigenvalue weighted by molar-refractivity contribution is 6.32. The molecule has 1 heterocycles. The second-order valence-corrected chi connectivity index (χ2v) is 5.79. The summed E-state index contributed by atoms with van der Waals surface area (Å²) in [5.74, 6) is -1.33. The molecule has 0 saturated carbocycles. The van der Waals surface area contributed by atoms with Crippen molar-refractivity contribution in [2.24, 2.45) is 5.73 Å². The highest BCUT2D eigenvalue weighted by atomic mass is 35.5. The van der Waals surface area contributed by atoms with E-state index in [1.807, 2.05) is 0 Å². The number of ether oxygens (including phenoxy) is 2. The summed E-state index contributed by atoms with van der Waals surface area (Å²) in [6, 6.07) is 6.07. The van der Waals surface area contributed by atoms with E-state index in [1.165, 1.54) is 4.90 Å². The first-order chi connectivity index (χ1) is 11.5. The third-order valence-corrected chi connectivity index (χ3v) is 4.00. The summed E-state index contributed by atoms with van der Waals surface area (Å²) >= 11 is 5.90. The molecule has 2 N–H and O–H groups in total. The van der Waals surface area contributed by atoms with Gasteiger partial charge in [-0.3, -0.25) is 9.59 Å². The van der Waals surface area contributed by atoms with E-state index in [4.69, 9.17) is 26.8 Å². The van der Waals surface area contributed by atoms with Crippen molar-refractivity contribution < 1.29 is 23.9 Å². The third kappa shape index (κ3) is 4.86. The van der Waals surface area contributed by atoms with E-state index in [0.717, 1.165) is 12.8 Å². The first-order valence-corrected chi connectivity index (χ1v) is 7.98. The minimum atomic E-state index is -0.698. The zero-order chi connectivity index (χ0) is 17.5. The normalized spacial score (nSPS) is 17.2. The molecule has 0 aromatic heterocycles. The molecule has 1 aromatic rings. The number of amides is 2. The lowest BCUT2D eigenvalue weighted by Crippen LogP contribution is -2.51. The molecule has 0 radical (unpaired) electrons. The lowest BCUT2D eigenvalue weighted by Gasteiger charge is -2.33. The Morgan fingerprint density at radius 3 is 2.67 bits per heavy atom. The number of carbonyl (C=O) groups excluding carboxylic acids is 3. The van der Waals surface area contributed by atoms with Crippen molar-refractivity contribution in [1.82, 2.24) is 4.90 Å². The van der Waals surface area contributed by atoms with Crippen LogP contribution in [0.15, 0.2) is 24.3 Å². The molecule has 0 bridgehead atoms. The number of halogens is 1. The number of esters is 1.